The molecule has 1 aromatic rings. The second-order valence-corrected chi connectivity index (χ2v) is 3.64. The van der Waals surface area contributed by atoms with Gasteiger partial charge in [-0.1, -0.05) is 6.58 Å². The van der Waals surface area contributed by atoms with E-state index in [0.717, 1.165) is 17.2 Å². The maximum absolute atomic E-state index is 11.2. The lowest BCUT2D eigenvalue weighted by molar-refractivity contribution is -0.136. The number of ether oxygens (including phenoxy) is 1. The first-order valence-electron chi connectivity index (χ1n) is 4.94. The molecule has 1 rings (SSSR count). The average molecular weight is 220 g/mol. The zero-order valence-corrected chi connectivity index (χ0v) is 10.0. The van der Waals surface area contributed by atoms with Crippen LogP contribution in [-0.2, 0) is 9.53 Å². The number of imidazole rings is 1. The van der Waals surface area contributed by atoms with E-state index in [1.165, 1.54) is 7.11 Å². The van der Waals surface area contributed by atoms with E-state index < -0.39 is 0 Å². The minimum Gasteiger partial charge on any atom is -0.466 e. The number of hydrogen-bond acceptors (Lipinski definition) is 3. The summed E-state index contributed by atoms with van der Waals surface area (Å²) < 4.78 is 4.61. The highest BCUT2D eigenvalue weighted by molar-refractivity contribution is 5.91. The van der Waals surface area contributed by atoms with Gasteiger partial charge in [0.1, 0.15) is 5.82 Å². The van der Waals surface area contributed by atoms with E-state index in [-0.39, 0.29) is 5.97 Å². The summed E-state index contributed by atoms with van der Waals surface area (Å²) in [7, 11) is 1.35. The molecule has 0 fully saturated rings. The van der Waals surface area contributed by atoms with Crippen LogP contribution in [0, 0.1) is 13.8 Å². The zero-order chi connectivity index (χ0) is 12.3. The number of carbonyl (C=O) groups is 1. The van der Waals surface area contributed by atoms with Crippen molar-refractivity contribution in [1.82, 2.24) is 9.97 Å². The van der Waals surface area contributed by atoms with Crippen LogP contribution >= 0.6 is 0 Å². The number of esters is 1. The highest BCUT2D eigenvalue weighted by atomic mass is 16.5. The van der Waals surface area contributed by atoms with Gasteiger partial charge in [0.25, 0.3) is 0 Å². The second kappa shape index (κ2) is 4.79. The Morgan fingerprint density at radius 2 is 2.12 bits per heavy atom. The van der Waals surface area contributed by atoms with Crippen LogP contribution in [0.25, 0.3) is 5.57 Å². The third-order valence-electron chi connectivity index (χ3n) is 2.21. The lowest BCUT2D eigenvalue weighted by Gasteiger charge is -2.00. The van der Waals surface area contributed by atoms with E-state index in [2.05, 4.69) is 21.3 Å². The topological polar surface area (TPSA) is 55.0 Å². The van der Waals surface area contributed by atoms with Gasteiger partial charge >= 0.3 is 5.97 Å². The number of aromatic amines is 1. The normalized spacial score (nSPS) is 11.4. The number of rotatable bonds is 3. The molecule has 4 heteroatoms. The van der Waals surface area contributed by atoms with Crippen LogP contribution in [0.3, 0.4) is 0 Å². The monoisotopic (exact) mass is 220 g/mol. The highest BCUT2D eigenvalue weighted by Gasteiger charge is 2.09. The number of hydrogen-bond donors (Lipinski definition) is 1. The number of aryl methyl sites for hydroxylation is 2. The predicted octanol–water partition coefficient (Wildman–Crippen LogP) is 2.16. The number of nitrogens with one attached hydrogen (secondary N) is 1. The van der Waals surface area contributed by atoms with Crippen LogP contribution in [0.1, 0.15) is 24.1 Å². The fourth-order valence-electron chi connectivity index (χ4n) is 1.47. The summed E-state index contributed by atoms with van der Waals surface area (Å²) in [4.78, 5) is 18.6. The van der Waals surface area contributed by atoms with Crippen molar-refractivity contribution in [3.8, 4) is 0 Å². The third-order valence-corrected chi connectivity index (χ3v) is 2.21. The Morgan fingerprint density at radius 1 is 1.50 bits per heavy atom. The smallest absolute Gasteiger partial charge is 0.333 e. The number of allylic oxidation sites excluding steroid dienone is 2. The van der Waals surface area contributed by atoms with Gasteiger partial charge in [-0.05, 0) is 32.4 Å². The molecule has 1 aromatic heterocycles. The minimum absolute atomic E-state index is 0.355. The Balaban J connectivity index is 2.96. The Kier molecular flexibility index (Phi) is 3.66. The van der Waals surface area contributed by atoms with E-state index in [4.69, 9.17) is 0 Å². The van der Waals surface area contributed by atoms with E-state index in [1.54, 1.807) is 13.0 Å². The lowest BCUT2D eigenvalue weighted by atomic mass is 10.1. The van der Waals surface area contributed by atoms with Crippen LogP contribution in [0.5, 0.6) is 0 Å². The SMILES string of the molecule is C=C(/C=C(\C)C(=O)OC)c1nc(C)[nH]c1C. The van der Waals surface area contributed by atoms with Gasteiger partial charge in [0.2, 0.25) is 0 Å². The zero-order valence-electron chi connectivity index (χ0n) is 10.0. The first-order valence-corrected chi connectivity index (χ1v) is 4.94. The summed E-state index contributed by atoms with van der Waals surface area (Å²) in [6.45, 7) is 9.37. The highest BCUT2D eigenvalue weighted by Crippen LogP contribution is 2.17. The number of carbonyl (C=O) groups excluding carboxylic acids is 1. The van der Waals surface area contributed by atoms with Crippen molar-refractivity contribution >= 4 is 11.5 Å². The Bertz CT molecular complexity index is 456. The van der Waals surface area contributed by atoms with Crippen LogP contribution in [-0.4, -0.2) is 23.0 Å². The molecule has 0 saturated carbocycles. The van der Waals surface area contributed by atoms with Crippen molar-refractivity contribution in [2.24, 2.45) is 0 Å². The molecule has 0 aliphatic carbocycles. The molecule has 0 spiro atoms. The molecular formula is C12H16N2O2. The molecule has 0 aliphatic rings. The van der Waals surface area contributed by atoms with Gasteiger partial charge in [-0.25, -0.2) is 9.78 Å². The summed E-state index contributed by atoms with van der Waals surface area (Å²) in [5, 5.41) is 0. The molecule has 0 aromatic carbocycles. The first kappa shape index (κ1) is 12.2. The average Bonchev–Trinajstić information content (AvgIpc) is 2.56. The van der Waals surface area contributed by atoms with E-state index in [9.17, 15) is 4.79 Å². The molecular weight excluding hydrogens is 204 g/mol. The minimum atomic E-state index is -0.355. The van der Waals surface area contributed by atoms with Gasteiger partial charge in [0.15, 0.2) is 0 Å². The summed E-state index contributed by atoms with van der Waals surface area (Å²) in [6, 6.07) is 0. The number of methoxy groups -OCH3 is 1. The Labute approximate surface area is 95.0 Å². The van der Waals surface area contributed by atoms with Crippen LogP contribution < -0.4 is 0 Å². The predicted molar refractivity (Wildman–Crippen MR) is 62.9 cm³/mol. The van der Waals surface area contributed by atoms with Gasteiger partial charge in [-0.2, -0.15) is 0 Å². The molecule has 4 nitrogen and oxygen atoms in total. The van der Waals surface area contributed by atoms with Crippen molar-refractivity contribution < 1.29 is 9.53 Å². The molecule has 0 amide bonds. The fraction of sp³-hybridized carbons (Fsp3) is 0.333. The Morgan fingerprint density at radius 3 is 2.56 bits per heavy atom. The molecule has 1 heterocycles. The van der Waals surface area contributed by atoms with E-state index in [0.29, 0.717) is 11.1 Å². The second-order valence-electron chi connectivity index (χ2n) is 3.64. The number of nitrogens with zero attached hydrogens (tertiary/aromatic N) is 1. The molecule has 86 valence electrons. The van der Waals surface area contributed by atoms with Gasteiger partial charge < -0.3 is 9.72 Å². The van der Waals surface area contributed by atoms with Crippen molar-refractivity contribution in [2.75, 3.05) is 7.11 Å². The standard InChI is InChI=1S/C12H16N2O2/c1-7(6-8(2)12(15)16-5)11-9(3)13-10(4)14-11/h6H,1H2,2-5H3,(H,13,14)/b8-6+. The van der Waals surface area contributed by atoms with Gasteiger partial charge in [-0.3, -0.25) is 0 Å². The molecule has 0 bridgehead atoms. The molecule has 0 atom stereocenters. The first-order chi connectivity index (χ1) is 7.45. The summed E-state index contributed by atoms with van der Waals surface area (Å²) in [5.41, 5.74) is 2.93. The van der Waals surface area contributed by atoms with Crippen molar-refractivity contribution in [2.45, 2.75) is 20.8 Å². The molecule has 1 N–H and O–H groups in total. The maximum Gasteiger partial charge on any atom is 0.333 e. The van der Waals surface area contributed by atoms with E-state index >= 15 is 0 Å². The Hall–Kier alpha value is -1.84. The summed E-state index contributed by atoms with van der Waals surface area (Å²) in [6.07, 6.45) is 1.68. The fourth-order valence-corrected chi connectivity index (χ4v) is 1.47. The van der Waals surface area contributed by atoms with Crippen LogP contribution in [0.4, 0.5) is 0 Å². The molecule has 0 unspecified atom stereocenters. The maximum atomic E-state index is 11.2. The molecule has 0 aliphatic heterocycles. The lowest BCUT2D eigenvalue weighted by Crippen LogP contribution is -2.01. The molecule has 0 radical (unpaired) electrons. The number of H-pyrrole nitrogens is 1. The van der Waals surface area contributed by atoms with Crippen molar-refractivity contribution in [1.29, 1.82) is 0 Å². The third kappa shape index (κ3) is 2.59. The largest absolute Gasteiger partial charge is 0.466 e. The van der Waals surface area contributed by atoms with E-state index in [1.807, 2.05) is 13.8 Å². The van der Waals surface area contributed by atoms with Crippen LogP contribution in [0.2, 0.25) is 0 Å². The van der Waals surface area contributed by atoms with Crippen LogP contribution in [0.15, 0.2) is 18.2 Å². The van der Waals surface area contributed by atoms with Gasteiger partial charge in [-0.15, -0.1) is 0 Å². The molecule has 16 heavy (non-hydrogen) atoms. The summed E-state index contributed by atoms with van der Waals surface area (Å²) >= 11 is 0. The van der Waals surface area contributed by atoms with Gasteiger partial charge in [0, 0.05) is 11.3 Å². The molecule has 0 saturated heterocycles. The van der Waals surface area contributed by atoms with Gasteiger partial charge in [0.05, 0.1) is 12.8 Å². The van der Waals surface area contributed by atoms with Crippen molar-refractivity contribution in [3.63, 3.8) is 0 Å². The summed E-state index contributed by atoms with van der Waals surface area (Å²) in [5.74, 6) is 0.476. The quantitative estimate of drug-likeness (QED) is 0.482. The van der Waals surface area contributed by atoms with Crippen molar-refractivity contribution in [3.05, 3.63) is 35.4 Å². The number of aromatic nitrogens is 2.